The van der Waals surface area contributed by atoms with Crippen LogP contribution >= 0.6 is 0 Å². The van der Waals surface area contributed by atoms with Gasteiger partial charge in [-0.1, -0.05) is 5.16 Å². The van der Waals surface area contributed by atoms with E-state index in [4.69, 9.17) is 9.62 Å². The Labute approximate surface area is 127 Å². The first kappa shape index (κ1) is 13.2. The summed E-state index contributed by atoms with van der Waals surface area (Å²) in [7, 11) is 0. The van der Waals surface area contributed by atoms with Crippen LogP contribution in [0.25, 0.3) is 11.1 Å². The van der Waals surface area contributed by atoms with Crippen LogP contribution in [0.2, 0.25) is 0 Å². The molecule has 7 heteroatoms. The van der Waals surface area contributed by atoms with Crippen molar-refractivity contribution in [1.82, 2.24) is 24.9 Å². The minimum absolute atomic E-state index is 0.0606. The molecule has 1 N–H and O–H groups in total. The molecule has 4 rings (SSSR count). The van der Waals surface area contributed by atoms with Crippen molar-refractivity contribution in [2.45, 2.75) is 45.7 Å². The van der Waals surface area contributed by atoms with E-state index in [9.17, 15) is 0 Å². The van der Waals surface area contributed by atoms with Crippen LogP contribution in [0.3, 0.4) is 0 Å². The van der Waals surface area contributed by atoms with Crippen molar-refractivity contribution in [3.63, 3.8) is 0 Å². The zero-order valence-electron chi connectivity index (χ0n) is 12.7. The molecule has 3 aromatic heterocycles. The first-order chi connectivity index (χ1) is 10.7. The van der Waals surface area contributed by atoms with Crippen molar-refractivity contribution in [3.05, 3.63) is 29.5 Å². The molecular weight excluding hydrogens is 280 g/mol. The first-order valence-electron chi connectivity index (χ1n) is 7.62. The molecule has 0 aliphatic carbocycles. The van der Waals surface area contributed by atoms with Crippen molar-refractivity contribution in [2.24, 2.45) is 0 Å². The Morgan fingerprint density at radius 2 is 2.23 bits per heavy atom. The average Bonchev–Trinajstić information content (AvgIpc) is 3.12. The number of rotatable bonds is 3. The van der Waals surface area contributed by atoms with Crippen LogP contribution in [0.1, 0.15) is 42.9 Å². The molecule has 1 aliphatic rings. The van der Waals surface area contributed by atoms with E-state index in [1.54, 1.807) is 0 Å². The number of aromatic nitrogens is 5. The molecule has 0 amide bonds. The van der Waals surface area contributed by atoms with E-state index in [0.717, 1.165) is 35.6 Å². The van der Waals surface area contributed by atoms with Gasteiger partial charge in [0, 0.05) is 12.2 Å². The Balaban J connectivity index is 1.64. The van der Waals surface area contributed by atoms with Crippen molar-refractivity contribution in [3.8, 4) is 0 Å². The number of hydrogen-bond donors (Lipinski definition) is 1. The van der Waals surface area contributed by atoms with E-state index in [2.05, 4.69) is 38.1 Å². The van der Waals surface area contributed by atoms with Gasteiger partial charge in [-0.05, 0) is 39.2 Å². The number of nitrogens with one attached hydrogen (secondary N) is 1. The van der Waals surface area contributed by atoms with E-state index < -0.39 is 0 Å². The zero-order valence-corrected chi connectivity index (χ0v) is 12.7. The van der Waals surface area contributed by atoms with Gasteiger partial charge in [0.05, 0.1) is 17.4 Å². The van der Waals surface area contributed by atoms with Crippen LogP contribution in [0.15, 0.2) is 16.9 Å². The third kappa shape index (κ3) is 2.13. The van der Waals surface area contributed by atoms with Gasteiger partial charge < -0.3 is 9.84 Å². The zero-order chi connectivity index (χ0) is 15.1. The minimum atomic E-state index is 0.0606. The van der Waals surface area contributed by atoms with Gasteiger partial charge in [0.1, 0.15) is 17.5 Å². The predicted molar refractivity (Wildman–Crippen MR) is 81.5 cm³/mol. The number of nitrogens with zero attached hydrogens (tertiary/aromatic N) is 5. The monoisotopic (exact) mass is 298 g/mol. The lowest BCUT2D eigenvalue weighted by Gasteiger charge is -2.13. The molecule has 0 bridgehead atoms. The Morgan fingerprint density at radius 1 is 1.32 bits per heavy atom. The normalized spacial score (nSPS) is 15.7. The van der Waals surface area contributed by atoms with Crippen LogP contribution in [-0.4, -0.2) is 24.9 Å². The van der Waals surface area contributed by atoms with E-state index in [0.29, 0.717) is 5.71 Å². The van der Waals surface area contributed by atoms with Gasteiger partial charge in [-0.25, -0.2) is 4.98 Å². The van der Waals surface area contributed by atoms with Crippen molar-refractivity contribution < 1.29 is 4.52 Å². The lowest BCUT2D eigenvalue weighted by Crippen LogP contribution is -2.12. The van der Waals surface area contributed by atoms with Gasteiger partial charge in [0.25, 0.3) is 5.71 Å². The highest BCUT2D eigenvalue weighted by Crippen LogP contribution is 2.27. The number of fused-ring (bicyclic) bond motifs is 2. The van der Waals surface area contributed by atoms with Crippen molar-refractivity contribution in [1.29, 1.82) is 0 Å². The summed E-state index contributed by atoms with van der Waals surface area (Å²) in [6.45, 7) is 5.00. The molecule has 1 aliphatic heterocycles. The molecule has 7 nitrogen and oxygen atoms in total. The largest absolute Gasteiger partial charge is 0.361 e. The number of aryl methyl sites for hydroxylation is 3. The van der Waals surface area contributed by atoms with Gasteiger partial charge in [-0.2, -0.15) is 10.1 Å². The van der Waals surface area contributed by atoms with Gasteiger partial charge in [-0.3, -0.25) is 4.68 Å². The standard InChI is InChI=1S/C15H18N6O/c1-9(12-7-11-5-3-4-6-21(11)19-12)18-14-13-10(2)20-22-15(13)17-8-16-14/h7-9H,3-6H2,1-2H3,(H,16,17,18). The molecule has 114 valence electrons. The van der Waals surface area contributed by atoms with Gasteiger partial charge in [0.15, 0.2) is 0 Å². The third-order valence-electron chi connectivity index (χ3n) is 4.18. The fraction of sp³-hybridized carbons (Fsp3) is 0.467. The summed E-state index contributed by atoms with van der Waals surface area (Å²) in [5.74, 6) is 0.738. The maximum Gasteiger partial charge on any atom is 0.263 e. The second kappa shape index (κ2) is 5.08. The molecule has 4 heterocycles. The lowest BCUT2D eigenvalue weighted by atomic mass is 10.1. The molecule has 3 aromatic rings. The van der Waals surface area contributed by atoms with Crippen LogP contribution in [0, 0.1) is 6.92 Å². The van der Waals surface area contributed by atoms with Crippen molar-refractivity contribution in [2.75, 3.05) is 5.32 Å². The maximum absolute atomic E-state index is 5.18. The maximum atomic E-state index is 5.18. The summed E-state index contributed by atoms with van der Waals surface area (Å²) in [5.41, 5.74) is 3.66. The summed E-state index contributed by atoms with van der Waals surface area (Å²) < 4.78 is 7.30. The fourth-order valence-electron chi connectivity index (χ4n) is 2.96. The molecule has 22 heavy (non-hydrogen) atoms. The fourth-order valence-corrected chi connectivity index (χ4v) is 2.96. The summed E-state index contributed by atoms with van der Waals surface area (Å²) in [6, 6.07) is 2.25. The van der Waals surface area contributed by atoms with Gasteiger partial charge in [-0.15, -0.1) is 0 Å². The summed E-state index contributed by atoms with van der Waals surface area (Å²) >= 11 is 0. The van der Waals surface area contributed by atoms with Gasteiger partial charge >= 0.3 is 0 Å². The summed E-state index contributed by atoms with van der Waals surface area (Å²) in [6.07, 6.45) is 5.06. The Morgan fingerprint density at radius 3 is 3.09 bits per heavy atom. The topological polar surface area (TPSA) is 81.7 Å². The molecule has 0 spiro atoms. The highest BCUT2D eigenvalue weighted by atomic mass is 16.5. The molecular formula is C15H18N6O. The van der Waals surface area contributed by atoms with Crippen LogP contribution in [0.4, 0.5) is 5.82 Å². The average molecular weight is 298 g/mol. The first-order valence-corrected chi connectivity index (χ1v) is 7.62. The molecule has 0 saturated carbocycles. The second-order valence-corrected chi connectivity index (χ2v) is 5.78. The van der Waals surface area contributed by atoms with E-state index in [1.165, 1.54) is 24.9 Å². The third-order valence-corrected chi connectivity index (χ3v) is 4.18. The molecule has 0 saturated heterocycles. The van der Waals surface area contributed by atoms with E-state index >= 15 is 0 Å². The van der Waals surface area contributed by atoms with Crippen LogP contribution in [-0.2, 0) is 13.0 Å². The lowest BCUT2D eigenvalue weighted by molar-refractivity contribution is 0.442. The minimum Gasteiger partial charge on any atom is -0.361 e. The van der Waals surface area contributed by atoms with E-state index in [1.807, 2.05) is 6.92 Å². The Hall–Kier alpha value is -2.44. The molecule has 0 fully saturated rings. The quantitative estimate of drug-likeness (QED) is 0.800. The molecule has 0 aromatic carbocycles. The second-order valence-electron chi connectivity index (χ2n) is 5.78. The highest BCUT2D eigenvalue weighted by molar-refractivity contribution is 5.87. The number of anilines is 1. The summed E-state index contributed by atoms with van der Waals surface area (Å²) in [5, 5.41) is 12.9. The van der Waals surface area contributed by atoms with Crippen molar-refractivity contribution >= 4 is 16.9 Å². The molecule has 1 atom stereocenters. The SMILES string of the molecule is Cc1noc2ncnc(NC(C)c3cc4n(n3)CCCC4)c12. The predicted octanol–water partition coefficient (Wildman–Crippen LogP) is 2.63. The Bertz CT molecular complexity index is 797. The molecule has 0 radical (unpaired) electrons. The molecule has 1 unspecified atom stereocenters. The summed E-state index contributed by atoms with van der Waals surface area (Å²) in [4.78, 5) is 8.43. The smallest absolute Gasteiger partial charge is 0.263 e. The van der Waals surface area contributed by atoms with Crippen LogP contribution in [0.5, 0.6) is 0 Å². The van der Waals surface area contributed by atoms with Gasteiger partial charge in [0.2, 0.25) is 0 Å². The Kier molecular flexibility index (Phi) is 3.06. The highest BCUT2D eigenvalue weighted by Gasteiger charge is 2.18. The van der Waals surface area contributed by atoms with E-state index in [-0.39, 0.29) is 6.04 Å². The number of hydrogen-bond acceptors (Lipinski definition) is 6. The van der Waals surface area contributed by atoms with Crippen LogP contribution < -0.4 is 5.32 Å².